The smallest absolute Gasteiger partial charge is 0.224 e. The Bertz CT molecular complexity index is 952. The van der Waals surface area contributed by atoms with Gasteiger partial charge in [-0.2, -0.15) is 5.10 Å². The quantitative estimate of drug-likeness (QED) is 0.777. The number of carbonyl (C=O) groups excluding carboxylic acids is 1. The molecule has 0 bridgehead atoms. The Balaban J connectivity index is 1.31. The Morgan fingerprint density at radius 3 is 2.89 bits per heavy atom. The van der Waals surface area contributed by atoms with Crippen molar-refractivity contribution in [3.05, 3.63) is 54.0 Å². The molecule has 0 radical (unpaired) electrons. The number of likely N-dealkylation sites (tertiary alicyclic amines) is 1. The number of hydrogen-bond acceptors (Lipinski definition) is 3. The number of piperidine rings is 1. The van der Waals surface area contributed by atoms with Crippen molar-refractivity contribution in [2.75, 3.05) is 19.7 Å². The number of aromatic nitrogens is 3. The van der Waals surface area contributed by atoms with Crippen molar-refractivity contribution in [3.63, 3.8) is 0 Å². The molecule has 0 saturated carbocycles. The zero-order valence-corrected chi connectivity index (χ0v) is 15.4. The second-order valence-electron chi connectivity index (χ2n) is 7.52. The molecule has 1 fully saturated rings. The van der Waals surface area contributed by atoms with Crippen molar-refractivity contribution < 1.29 is 9.53 Å². The van der Waals surface area contributed by atoms with Gasteiger partial charge in [0.25, 0.3) is 0 Å². The summed E-state index contributed by atoms with van der Waals surface area (Å²) in [5.41, 5.74) is 3.55. The van der Waals surface area contributed by atoms with E-state index in [1.807, 2.05) is 21.8 Å². The van der Waals surface area contributed by atoms with Crippen LogP contribution in [0.25, 0.3) is 10.9 Å². The number of carbonyl (C=O) groups is 1. The average Bonchev–Trinajstić information content (AvgIpc) is 3.35. The van der Waals surface area contributed by atoms with Crippen LogP contribution in [0.2, 0.25) is 0 Å². The monoisotopic (exact) mass is 364 g/mol. The zero-order valence-electron chi connectivity index (χ0n) is 15.4. The van der Waals surface area contributed by atoms with E-state index in [1.54, 1.807) is 6.20 Å². The third kappa shape index (κ3) is 2.84. The van der Waals surface area contributed by atoms with Gasteiger partial charge >= 0.3 is 0 Å². The number of H-pyrrole nitrogens is 1. The summed E-state index contributed by atoms with van der Waals surface area (Å²) in [5.74, 6) is 0.202. The van der Waals surface area contributed by atoms with Gasteiger partial charge < -0.3 is 14.6 Å². The third-order valence-electron chi connectivity index (χ3n) is 6.04. The summed E-state index contributed by atoms with van der Waals surface area (Å²) in [6, 6.07) is 10.4. The highest BCUT2D eigenvalue weighted by Gasteiger charge is 2.43. The summed E-state index contributed by atoms with van der Waals surface area (Å²) in [5, 5.41) is 5.48. The van der Waals surface area contributed by atoms with E-state index in [4.69, 9.17) is 4.74 Å². The lowest BCUT2D eigenvalue weighted by Crippen LogP contribution is -2.48. The highest BCUT2D eigenvalue weighted by atomic mass is 16.5. The maximum atomic E-state index is 12.6. The molecule has 6 nitrogen and oxygen atoms in total. The van der Waals surface area contributed by atoms with Gasteiger partial charge in [0.15, 0.2) is 0 Å². The number of nitrogens with zero attached hydrogens (tertiary/aromatic N) is 3. The lowest BCUT2D eigenvalue weighted by molar-refractivity contribution is -0.141. The minimum absolute atomic E-state index is 0.202. The van der Waals surface area contributed by atoms with Gasteiger partial charge in [-0.1, -0.05) is 18.2 Å². The van der Waals surface area contributed by atoms with Gasteiger partial charge in [-0.05, 0) is 37.0 Å². The third-order valence-corrected chi connectivity index (χ3v) is 6.04. The fourth-order valence-electron chi connectivity index (χ4n) is 4.58. The van der Waals surface area contributed by atoms with Crippen LogP contribution < -0.4 is 0 Å². The van der Waals surface area contributed by atoms with E-state index in [2.05, 4.69) is 34.3 Å². The Morgan fingerprint density at radius 1 is 1.22 bits per heavy atom. The minimum atomic E-state index is -0.272. The molecule has 3 aromatic rings. The van der Waals surface area contributed by atoms with E-state index in [-0.39, 0.29) is 11.5 Å². The molecule has 27 heavy (non-hydrogen) atoms. The molecule has 5 rings (SSSR count). The van der Waals surface area contributed by atoms with E-state index in [0.717, 1.165) is 39.0 Å². The fourth-order valence-corrected chi connectivity index (χ4v) is 4.58. The molecule has 1 amide bonds. The summed E-state index contributed by atoms with van der Waals surface area (Å²) in [6.45, 7) is 2.87. The number of hydrogen-bond donors (Lipinski definition) is 1. The van der Waals surface area contributed by atoms with Crippen molar-refractivity contribution in [1.29, 1.82) is 0 Å². The molecular formula is C21H24N4O2. The number of para-hydroxylation sites is 1. The minimum Gasteiger partial charge on any atom is -0.368 e. The normalized spacial score (nSPS) is 18.7. The molecule has 1 spiro atoms. The Morgan fingerprint density at radius 2 is 2.07 bits per heavy atom. The van der Waals surface area contributed by atoms with E-state index in [9.17, 15) is 4.79 Å². The molecule has 140 valence electrons. The lowest BCUT2D eigenvalue weighted by atomic mass is 9.83. The summed E-state index contributed by atoms with van der Waals surface area (Å²) < 4.78 is 8.14. The van der Waals surface area contributed by atoms with Crippen LogP contribution in [0.15, 0.2) is 42.7 Å². The molecule has 2 aromatic heterocycles. The maximum absolute atomic E-state index is 12.6. The molecule has 4 heterocycles. The van der Waals surface area contributed by atoms with Crippen LogP contribution in [0.3, 0.4) is 0 Å². The van der Waals surface area contributed by atoms with Crippen molar-refractivity contribution in [3.8, 4) is 0 Å². The standard InChI is InChI=1S/C21H24N4O2/c26-19(6-12-25-11-3-10-22-25)24-13-8-21(9-14-24)20-17(7-15-27-21)16-4-1-2-5-18(16)23-20/h1-5,10-11,23H,6-9,12-15H2. The van der Waals surface area contributed by atoms with Crippen molar-refractivity contribution >= 4 is 16.8 Å². The first kappa shape index (κ1) is 16.6. The van der Waals surface area contributed by atoms with Crippen molar-refractivity contribution in [2.24, 2.45) is 0 Å². The van der Waals surface area contributed by atoms with Crippen LogP contribution >= 0.6 is 0 Å². The molecule has 0 aliphatic carbocycles. The predicted octanol–water partition coefficient (Wildman–Crippen LogP) is 2.85. The second-order valence-corrected chi connectivity index (χ2v) is 7.52. The largest absolute Gasteiger partial charge is 0.368 e. The summed E-state index contributed by atoms with van der Waals surface area (Å²) in [4.78, 5) is 18.2. The van der Waals surface area contributed by atoms with Gasteiger partial charge in [0.1, 0.15) is 5.60 Å². The predicted molar refractivity (Wildman–Crippen MR) is 102 cm³/mol. The summed E-state index contributed by atoms with van der Waals surface area (Å²) in [7, 11) is 0. The molecule has 1 saturated heterocycles. The fraction of sp³-hybridized carbons (Fsp3) is 0.429. The molecule has 0 atom stereocenters. The van der Waals surface area contributed by atoms with Gasteiger partial charge in [-0.3, -0.25) is 9.48 Å². The van der Waals surface area contributed by atoms with Gasteiger partial charge in [0, 0.05) is 49.4 Å². The Hall–Kier alpha value is -2.60. The van der Waals surface area contributed by atoms with Crippen LogP contribution in [0.5, 0.6) is 0 Å². The highest BCUT2D eigenvalue weighted by Crippen LogP contribution is 2.43. The van der Waals surface area contributed by atoms with E-state index in [1.165, 1.54) is 22.2 Å². The van der Waals surface area contributed by atoms with E-state index in [0.29, 0.717) is 13.0 Å². The van der Waals surface area contributed by atoms with Crippen molar-refractivity contribution in [2.45, 2.75) is 37.8 Å². The molecule has 0 unspecified atom stereocenters. The first-order chi connectivity index (χ1) is 13.3. The lowest BCUT2D eigenvalue weighted by Gasteiger charge is -2.43. The number of nitrogens with one attached hydrogen (secondary N) is 1. The molecule has 6 heteroatoms. The average molecular weight is 364 g/mol. The summed E-state index contributed by atoms with van der Waals surface area (Å²) >= 11 is 0. The first-order valence-electron chi connectivity index (χ1n) is 9.74. The number of ether oxygens (including phenoxy) is 1. The maximum Gasteiger partial charge on any atom is 0.224 e. The number of aromatic amines is 1. The van der Waals surface area contributed by atoms with Crippen LogP contribution in [0.1, 0.15) is 30.5 Å². The second kappa shape index (κ2) is 6.53. The molecule has 2 aliphatic heterocycles. The number of aryl methyl sites for hydroxylation is 1. The molecule has 2 aliphatic rings. The van der Waals surface area contributed by atoms with Gasteiger partial charge in [0.05, 0.1) is 12.3 Å². The first-order valence-corrected chi connectivity index (χ1v) is 9.74. The van der Waals surface area contributed by atoms with Crippen LogP contribution in [-0.4, -0.2) is 45.3 Å². The summed E-state index contributed by atoms with van der Waals surface area (Å²) in [6.07, 6.45) is 6.78. The highest BCUT2D eigenvalue weighted by molar-refractivity contribution is 5.85. The molecule has 1 N–H and O–H groups in total. The van der Waals surface area contributed by atoms with Crippen molar-refractivity contribution in [1.82, 2.24) is 19.7 Å². The Labute approximate surface area is 158 Å². The van der Waals surface area contributed by atoms with Gasteiger partial charge in [0.2, 0.25) is 5.91 Å². The van der Waals surface area contributed by atoms with E-state index < -0.39 is 0 Å². The van der Waals surface area contributed by atoms with Crippen LogP contribution in [0, 0.1) is 0 Å². The Kier molecular flexibility index (Phi) is 4.01. The molecule has 1 aromatic carbocycles. The number of amides is 1. The number of benzene rings is 1. The zero-order chi connectivity index (χ0) is 18.3. The number of fused-ring (bicyclic) bond motifs is 4. The van der Waals surface area contributed by atoms with Gasteiger partial charge in [-0.25, -0.2) is 0 Å². The van der Waals surface area contributed by atoms with Gasteiger partial charge in [-0.15, -0.1) is 0 Å². The van der Waals surface area contributed by atoms with Crippen LogP contribution in [-0.2, 0) is 28.1 Å². The van der Waals surface area contributed by atoms with Crippen LogP contribution in [0.4, 0.5) is 0 Å². The SMILES string of the molecule is O=C(CCn1cccn1)N1CCC2(CC1)OCCc1c2[nH]c2ccccc12. The topological polar surface area (TPSA) is 63.1 Å². The molecular weight excluding hydrogens is 340 g/mol. The number of rotatable bonds is 3. The van der Waals surface area contributed by atoms with E-state index >= 15 is 0 Å².